The Kier molecular flexibility index (Phi) is 5.98. The van der Waals surface area contributed by atoms with Gasteiger partial charge in [0.05, 0.1) is 39.5 Å². The molecule has 5 rings (SSSR count). The molecule has 2 amide bonds. The first kappa shape index (κ1) is 22.7. The van der Waals surface area contributed by atoms with E-state index in [0.717, 1.165) is 45.7 Å². The van der Waals surface area contributed by atoms with Crippen LogP contribution in [0.25, 0.3) is 10.6 Å². The molecule has 2 aliphatic rings. The highest BCUT2D eigenvalue weighted by molar-refractivity contribution is 7.16. The predicted molar refractivity (Wildman–Crippen MR) is 132 cm³/mol. The zero-order valence-electron chi connectivity index (χ0n) is 19.3. The summed E-state index contributed by atoms with van der Waals surface area (Å²) in [4.78, 5) is 43.6. The summed E-state index contributed by atoms with van der Waals surface area (Å²) in [6, 6.07) is 3.59. The van der Waals surface area contributed by atoms with Gasteiger partial charge in [0, 0.05) is 31.2 Å². The van der Waals surface area contributed by atoms with Gasteiger partial charge in [-0.2, -0.15) is 0 Å². The first-order chi connectivity index (χ1) is 16.4. The van der Waals surface area contributed by atoms with E-state index in [2.05, 4.69) is 20.3 Å². The lowest BCUT2D eigenvalue weighted by Gasteiger charge is -2.55. The number of methoxy groups -OCH3 is 1. The summed E-state index contributed by atoms with van der Waals surface area (Å²) in [6.07, 6.45) is 4.11. The molecule has 1 saturated heterocycles. The van der Waals surface area contributed by atoms with Gasteiger partial charge in [-0.15, -0.1) is 22.7 Å². The van der Waals surface area contributed by atoms with E-state index in [1.807, 2.05) is 24.1 Å². The van der Waals surface area contributed by atoms with E-state index in [9.17, 15) is 9.59 Å². The summed E-state index contributed by atoms with van der Waals surface area (Å²) in [5.74, 6) is 0.583. The number of ether oxygens (including phenoxy) is 1. The molecular formula is C23H26N6O3S2. The minimum absolute atomic E-state index is 0.0455. The van der Waals surface area contributed by atoms with Gasteiger partial charge in [-0.25, -0.2) is 19.7 Å². The number of aromatic nitrogens is 3. The van der Waals surface area contributed by atoms with Crippen molar-refractivity contribution in [3.8, 4) is 10.6 Å². The van der Waals surface area contributed by atoms with Crippen LogP contribution in [0.2, 0.25) is 0 Å². The van der Waals surface area contributed by atoms with Crippen LogP contribution in [0.5, 0.6) is 0 Å². The van der Waals surface area contributed by atoms with E-state index >= 15 is 0 Å². The number of carbonyl (C=O) groups excluding carboxylic acids is 2. The fourth-order valence-electron chi connectivity index (χ4n) is 4.66. The van der Waals surface area contributed by atoms with Crippen molar-refractivity contribution >= 4 is 45.6 Å². The SMILES string of the molecule is COC(=O)N1CCN(C(=O)c2ccc(Nc3nc(-c4sc(C)nc4C)cs3)nc2)C2(CCC2)C1. The summed E-state index contributed by atoms with van der Waals surface area (Å²) in [6.45, 7) is 5.46. The maximum atomic E-state index is 13.3. The first-order valence-corrected chi connectivity index (χ1v) is 12.9. The number of amides is 2. The van der Waals surface area contributed by atoms with E-state index in [1.54, 1.807) is 34.6 Å². The fourth-order valence-corrected chi connectivity index (χ4v) is 6.32. The quantitative estimate of drug-likeness (QED) is 0.566. The largest absolute Gasteiger partial charge is 0.453 e. The Morgan fingerprint density at radius 3 is 2.62 bits per heavy atom. The van der Waals surface area contributed by atoms with E-state index in [0.29, 0.717) is 31.0 Å². The van der Waals surface area contributed by atoms with E-state index in [4.69, 9.17) is 4.74 Å². The van der Waals surface area contributed by atoms with E-state index in [1.165, 1.54) is 18.4 Å². The molecule has 1 aliphatic carbocycles. The van der Waals surface area contributed by atoms with Crippen molar-refractivity contribution in [1.82, 2.24) is 24.8 Å². The van der Waals surface area contributed by atoms with Crippen LogP contribution in [-0.2, 0) is 4.74 Å². The lowest BCUT2D eigenvalue weighted by atomic mass is 9.73. The van der Waals surface area contributed by atoms with Gasteiger partial charge in [-0.1, -0.05) is 0 Å². The Morgan fingerprint density at radius 2 is 2.00 bits per heavy atom. The van der Waals surface area contributed by atoms with Crippen molar-refractivity contribution in [2.24, 2.45) is 0 Å². The molecule has 2 fully saturated rings. The fraction of sp³-hybridized carbons (Fsp3) is 0.435. The zero-order valence-corrected chi connectivity index (χ0v) is 21.0. The Bertz CT molecular complexity index is 1220. The normalized spacial score (nSPS) is 16.9. The molecule has 3 aromatic rings. The minimum atomic E-state index is -0.332. The Hall–Kier alpha value is -3.05. The molecule has 1 N–H and O–H groups in total. The minimum Gasteiger partial charge on any atom is -0.453 e. The summed E-state index contributed by atoms with van der Waals surface area (Å²) in [5, 5.41) is 6.99. The Labute approximate surface area is 205 Å². The highest BCUT2D eigenvalue weighted by Crippen LogP contribution is 2.41. The van der Waals surface area contributed by atoms with Crippen LogP contribution in [0.15, 0.2) is 23.7 Å². The molecule has 0 atom stereocenters. The highest BCUT2D eigenvalue weighted by Gasteiger charge is 2.49. The topological polar surface area (TPSA) is 101 Å². The van der Waals surface area contributed by atoms with Crippen molar-refractivity contribution in [3.05, 3.63) is 40.0 Å². The summed E-state index contributed by atoms with van der Waals surface area (Å²) in [7, 11) is 1.39. The number of pyridine rings is 1. The van der Waals surface area contributed by atoms with Gasteiger partial charge >= 0.3 is 6.09 Å². The van der Waals surface area contributed by atoms with Gasteiger partial charge in [0.1, 0.15) is 5.82 Å². The molecule has 1 spiro atoms. The van der Waals surface area contributed by atoms with Crippen molar-refractivity contribution in [3.63, 3.8) is 0 Å². The number of hydrogen-bond acceptors (Lipinski definition) is 9. The molecule has 1 aliphatic heterocycles. The maximum absolute atomic E-state index is 13.3. The molecule has 3 aromatic heterocycles. The standard InChI is InChI=1S/C23H26N6O3S2/c1-14-19(34-15(2)25-14)17-12-33-21(26-17)27-18-6-5-16(11-24-18)20(30)29-10-9-28(22(31)32-3)13-23(29)7-4-8-23/h5-6,11-12H,4,7-10,13H2,1-3H3,(H,24,26,27). The monoisotopic (exact) mass is 498 g/mol. The smallest absolute Gasteiger partial charge is 0.409 e. The summed E-state index contributed by atoms with van der Waals surface area (Å²) >= 11 is 3.14. The number of nitrogens with one attached hydrogen (secondary N) is 1. The molecule has 0 aromatic carbocycles. The number of aryl methyl sites for hydroxylation is 2. The van der Waals surface area contributed by atoms with Crippen molar-refractivity contribution in [2.75, 3.05) is 32.1 Å². The second kappa shape index (κ2) is 8.95. The predicted octanol–water partition coefficient (Wildman–Crippen LogP) is 4.47. The van der Waals surface area contributed by atoms with Gasteiger partial charge in [0.25, 0.3) is 5.91 Å². The third kappa shape index (κ3) is 4.14. The van der Waals surface area contributed by atoms with Crippen LogP contribution in [-0.4, -0.2) is 69.0 Å². The lowest BCUT2D eigenvalue weighted by molar-refractivity contribution is -0.0329. The van der Waals surface area contributed by atoms with Crippen LogP contribution in [0.3, 0.4) is 0 Å². The second-order valence-corrected chi connectivity index (χ2v) is 10.7. The van der Waals surface area contributed by atoms with Crippen molar-refractivity contribution in [2.45, 2.75) is 38.6 Å². The molecule has 0 radical (unpaired) electrons. The molecule has 178 valence electrons. The van der Waals surface area contributed by atoms with E-state index in [-0.39, 0.29) is 17.5 Å². The molecule has 34 heavy (non-hydrogen) atoms. The molecule has 0 unspecified atom stereocenters. The lowest BCUT2D eigenvalue weighted by Crippen LogP contribution is -2.67. The molecule has 11 heteroatoms. The zero-order chi connectivity index (χ0) is 23.9. The third-order valence-corrected chi connectivity index (χ3v) is 8.35. The van der Waals surface area contributed by atoms with Gasteiger partial charge < -0.3 is 19.9 Å². The average molecular weight is 499 g/mol. The number of rotatable bonds is 4. The van der Waals surface area contributed by atoms with Crippen molar-refractivity contribution < 1.29 is 14.3 Å². The maximum Gasteiger partial charge on any atom is 0.409 e. The number of carbonyl (C=O) groups is 2. The van der Waals surface area contributed by atoms with Crippen LogP contribution in [0.1, 0.15) is 40.3 Å². The number of anilines is 2. The third-order valence-electron chi connectivity index (χ3n) is 6.50. The molecular weight excluding hydrogens is 472 g/mol. The summed E-state index contributed by atoms with van der Waals surface area (Å²) < 4.78 is 4.89. The van der Waals surface area contributed by atoms with Crippen LogP contribution in [0.4, 0.5) is 15.7 Å². The molecule has 9 nitrogen and oxygen atoms in total. The van der Waals surface area contributed by atoms with Crippen molar-refractivity contribution in [1.29, 1.82) is 0 Å². The first-order valence-electron chi connectivity index (χ1n) is 11.2. The van der Waals surface area contributed by atoms with Gasteiger partial charge in [0.2, 0.25) is 0 Å². The van der Waals surface area contributed by atoms with Gasteiger partial charge in [-0.05, 0) is 45.2 Å². The number of piperazine rings is 1. The van der Waals surface area contributed by atoms with Crippen LogP contribution < -0.4 is 5.32 Å². The highest BCUT2D eigenvalue weighted by atomic mass is 32.1. The second-order valence-electron chi connectivity index (χ2n) is 8.67. The Balaban J connectivity index is 1.27. The average Bonchev–Trinajstić information content (AvgIpc) is 3.42. The number of thiazole rings is 2. The molecule has 0 bridgehead atoms. The van der Waals surface area contributed by atoms with Gasteiger partial charge in [0.15, 0.2) is 5.13 Å². The Morgan fingerprint density at radius 1 is 1.18 bits per heavy atom. The number of hydrogen-bond donors (Lipinski definition) is 1. The van der Waals surface area contributed by atoms with Gasteiger partial charge in [-0.3, -0.25) is 4.79 Å². The van der Waals surface area contributed by atoms with Crippen LogP contribution >= 0.6 is 22.7 Å². The summed E-state index contributed by atoms with van der Waals surface area (Å²) in [5.41, 5.74) is 2.13. The van der Waals surface area contributed by atoms with Crippen LogP contribution in [0, 0.1) is 13.8 Å². The molecule has 4 heterocycles. The number of nitrogens with zero attached hydrogens (tertiary/aromatic N) is 5. The van der Waals surface area contributed by atoms with E-state index < -0.39 is 0 Å². The molecule has 1 saturated carbocycles.